The van der Waals surface area contributed by atoms with E-state index in [0.717, 1.165) is 11.8 Å². The van der Waals surface area contributed by atoms with Crippen molar-refractivity contribution in [3.63, 3.8) is 0 Å². The molecule has 1 atom stereocenters. The van der Waals surface area contributed by atoms with E-state index in [0.29, 0.717) is 11.3 Å². The standard InChI is InChI=1S/C11H16O5S/c1-8-4-5-11(15-2)9(6-8)10(12)7-16-17(3,13)14/h4-6,10,12H,7H2,1-3H3/t10-/m0/s1. The predicted molar refractivity (Wildman–Crippen MR) is 63.5 cm³/mol. The van der Waals surface area contributed by atoms with Crippen molar-refractivity contribution in [2.45, 2.75) is 13.0 Å². The number of aliphatic hydroxyl groups is 1. The molecule has 0 aliphatic heterocycles. The smallest absolute Gasteiger partial charge is 0.264 e. The molecule has 0 aliphatic rings. The van der Waals surface area contributed by atoms with Crippen molar-refractivity contribution in [3.8, 4) is 5.75 Å². The molecular weight excluding hydrogens is 244 g/mol. The Hall–Kier alpha value is -1.11. The van der Waals surface area contributed by atoms with Gasteiger partial charge in [-0.05, 0) is 19.1 Å². The fourth-order valence-electron chi connectivity index (χ4n) is 1.39. The number of hydrogen-bond donors (Lipinski definition) is 1. The third kappa shape index (κ3) is 4.33. The van der Waals surface area contributed by atoms with Gasteiger partial charge in [-0.3, -0.25) is 4.18 Å². The molecule has 1 aromatic rings. The number of rotatable bonds is 5. The number of aliphatic hydroxyl groups excluding tert-OH is 1. The molecule has 0 radical (unpaired) electrons. The Labute approximate surface area is 101 Å². The van der Waals surface area contributed by atoms with Gasteiger partial charge in [-0.15, -0.1) is 0 Å². The Morgan fingerprint density at radius 1 is 1.41 bits per heavy atom. The van der Waals surface area contributed by atoms with Gasteiger partial charge in [0.25, 0.3) is 10.1 Å². The lowest BCUT2D eigenvalue weighted by Gasteiger charge is -2.15. The minimum absolute atomic E-state index is 0.321. The van der Waals surface area contributed by atoms with E-state index in [2.05, 4.69) is 4.18 Å². The van der Waals surface area contributed by atoms with E-state index >= 15 is 0 Å². The van der Waals surface area contributed by atoms with E-state index < -0.39 is 16.2 Å². The highest BCUT2D eigenvalue weighted by Crippen LogP contribution is 2.26. The summed E-state index contributed by atoms with van der Waals surface area (Å²) in [4.78, 5) is 0. The SMILES string of the molecule is COc1ccc(C)cc1[C@@H](O)COS(C)(=O)=O. The molecule has 5 nitrogen and oxygen atoms in total. The minimum atomic E-state index is -3.56. The lowest BCUT2D eigenvalue weighted by Crippen LogP contribution is -2.12. The molecule has 0 aliphatic carbocycles. The van der Waals surface area contributed by atoms with Crippen LogP contribution in [0.3, 0.4) is 0 Å². The predicted octanol–water partition coefficient (Wildman–Crippen LogP) is 1.01. The van der Waals surface area contributed by atoms with Gasteiger partial charge in [0.2, 0.25) is 0 Å². The van der Waals surface area contributed by atoms with E-state index in [4.69, 9.17) is 4.74 Å². The van der Waals surface area contributed by atoms with Gasteiger partial charge in [0, 0.05) is 5.56 Å². The van der Waals surface area contributed by atoms with Crippen molar-refractivity contribution in [1.29, 1.82) is 0 Å². The van der Waals surface area contributed by atoms with E-state index in [-0.39, 0.29) is 6.61 Å². The molecule has 0 unspecified atom stereocenters. The molecule has 0 saturated carbocycles. The first-order valence-corrected chi connectivity index (χ1v) is 6.82. The van der Waals surface area contributed by atoms with Crippen LogP contribution in [0.5, 0.6) is 5.75 Å². The topological polar surface area (TPSA) is 72.8 Å². The molecule has 0 bridgehead atoms. The van der Waals surface area contributed by atoms with E-state index in [1.807, 2.05) is 13.0 Å². The number of methoxy groups -OCH3 is 1. The van der Waals surface area contributed by atoms with Crippen LogP contribution in [0.25, 0.3) is 0 Å². The average Bonchev–Trinajstić information content (AvgIpc) is 2.25. The van der Waals surface area contributed by atoms with Gasteiger partial charge in [-0.1, -0.05) is 11.6 Å². The summed E-state index contributed by atoms with van der Waals surface area (Å²) in [6.07, 6.45) is -0.104. The van der Waals surface area contributed by atoms with Crippen molar-refractivity contribution in [3.05, 3.63) is 29.3 Å². The zero-order valence-corrected chi connectivity index (χ0v) is 10.8. The highest BCUT2D eigenvalue weighted by Gasteiger charge is 2.16. The minimum Gasteiger partial charge on any atom is -0.496 e. The Kier molecular flexibility index (Phi) is 4.50. The summed E-state index contributed by atoms with van der Waals surface area (Å²) < 4.78 is 31.3. The molecule has 0 heterocycles. The highest BCUT2D eigenvalue weighted by molar-refractivity contribution is 7.85. The second-order valence-corrected chi connectivity index (χ2v) is 5.39. The molecule has 0 amide bonds. The largest absolute Gasteiger partial charge is 0.496 e. The molecule has 0 spiro atoms. The van der Waals surface area contributed by atoms with Gasteiger partial charge in [0.05, 0.1) is 20.0 Å². The van der Waals surface area contributed by atoms with Gasteiger partial charge in [-0.2, -0.15) is 8.42 Å². The zero-order valence-electron chi connectivity index (χ0n) is 10.0. The monoisotopic (exact) mass is 260 g/mol. The summed E-state index contributed by atoms with van der Waals surface area (Å²) in [6.45, 7) is 1.55. The summed E-state index contributed by atoms with van der Waals surface area (Å²) >= 11 is 0. The summed E-state index contributed by atoms with van der Waals surface area (Å²) in [5, 5.41) is 9.85. The molecule has 0 saturated heterocycles. The van der Waals surface area contributed by atoms with E-state index in [1.54, 1.807) is 12.1 Å². The van der Waals surface area contributed by atoms with E-state index in [9.17, 15) is 13.5 Å². The van der Waals surface area contributed by atoms with Gasteiger partial charge in [0.1, 0.15) is 11.9 Å². The first-order valence-electron chi connectivity index (χ1n) is 5.00. The molecule has 1 rings (SSSR count). The highest BCUT2D eigenvalue weighted by atomic mass is 32.2. The first kappa shape index (κ1) is 14.0. The molecule has 1 N–H and O–H groups in total. The molecule has 1 aromatic carbocycles. The van der Waals surface area contributed by atoms with Crippen molar-refractivity contribution < 1.29 is 22.4 Å². The van der Waals surface area contributed by atoms with Gasteiger partial charge < -0.3 is 9.84 Å². The van der Waals surface area contributed by atoms with E-state index in [1.165, 1.54) is 7.11 Å². The summed E-state index contributed by atoms with van der Waals surface area (Å²) in [6, 6.07) is 5.29. The first-order chi connectivity index (χ1) is 7.83. The molecule has 0 fully saturated rings. The summed E-state index contributed by atoms with van der Waals surface area (Å²) in [7, 11) is -2.07. The van der Waals surface area contributed by atoms with Crippen LogP contribution in [0.4, 0.5) is 0 Å². The Bertz CT molecular complexity index is 481. The fraction of sp³-hybridized carbons (Fsp3) is 0.455. The molecular formula is C11H16O5S. The van der Waals surface area contributed by atoms with Crippen LogP contribution < -0.4 is 4.74 Å². The molecule has 17 heavy (non-hydrogen) atoms. The molecule has 96 valence electrons. The second kappa shape index (κ2) is 5.48. The summed E-state index contributed by atoms with van der Waals surface area (Å²) in [5.74, 6) is 0.500. The van der Waals surface area contributed by atoms with Crippen LogP contribution in [-0.4, -0.2) is 33.5 Å². The lowest BCUT2D eigenvalue weighted by atomic mass is 10.1. The van der Waals surface area contributed by atoms with Gasteiger partial charge >= 0.3 is 0 Å². The fourth-order valence-corrected chi connectivity index (χ4v) is 1.77. The van der Waals surface area contributed by atoms with Crippen LogP contribution in [0.2, 0.25) is 0 Å². The van der Waals surface area contributed by atoms with Crippen molar-refractivity contribution >= 4 is 10.1 Å². The number of ether oxygens (including phenoxy) is 1. The van der Waals surface area contributed by atoms with Crippen LogP contribution in [0.15, 0.2) is 18.2 Å². The number of benzene rings is 1. The van der Waals surface area contributed by atoms with Gasteiger partial charge in [-0.25, -0.2) is 0 Å². The van der Waals surface area contributed by atoms with Crippen molar-refractivity contribution in [2.75, 3.05) is 20.0 Å². The quantitative estimate of drug-likeness (QED) is 0.800. The van der Waals surface area contributed by atoms with Crippen LogP contribution in [-0.2, 0) is 14.3 Å². The molecule has 6 heteroatoms. The van der Waals surface area contributed by atoms with Crippen LogP contribution in [0.1, 0.15) is 17.2 Å². The van der Waals surface area contributed by atoms with Crippen LogP contribution in [0, 0.1) is 6.92 Å². The maximum atomic E-state index is 10.8. The summed E-state index contributed by atoms with van der Waals surface area (Å²) in [5.41, 5.74) is 1.45. The molecule has 0 aromatic heterocycles. The number of hydrogen-bond acceptors (Lipinski definition) is 5. The Balaban J connectivity index is 2.87. The Morgan fingerprint density at radius 3 is 2.59 bits per heavy atom. The Morgan fingerprint density at radius 2 is 2.06 bits per heavy atom. The van der Waals surface area contributed by atoms with Crippen LogP contribution >= 0.6 is 0 Å². The normalized spacial score (nSPS) is 13.4. The lowest BCUT2D eigenvalue weighted by molar-refractivity contribution is 0.109. The maximum absolute atomic E-state index is 10.8. The van der Waals surface area contributed by atoms with Crippen molar-refractivity contribution in [1.82, 2.24) is 0 Å². The average molecular weight is 260 g/mol. The number of aryl methyl sites for hydroxylation is 1. The third-order valence-electron chi connectivity index (χ3n) is 2.18. The van der Waals surface area contributed by atoms with Gasteiger partial charge in [0.15, 0.2) is 0 Å². The second-order valence-electron chi connectivity index (χ2n) is 3.75. The maximum Gasteiger partial charge on any atom is 0.264 e. The zero-order chi connectivity index (χ0) is 13.1. The third-order valence-corrected chi connectivity index (χ3v) is 2.75. The van der Waals surface area contributed by atoms with Crippen molar-refractivity contribution in [2.24, 2.45) is 0 Å².